The van der Waals surface area contributed by atoms with Crippen LogP contribution in [0.1, 0.15) is 51.2 Å². The third-order valence-electron chi connectivity index (χ3n) is 5.13. The zero-order valence-corrected chi connectivity index (χ0v) is 15.9. The fourth-order valence-electron chi connectivity index (χ4n) is 3.29. The lowest BCUT2D eigenvalue weighted by atomic mass is 9.99. The van der Waals surface area contributed by atoms with Crippen LogP contribution in [0.4, 0.5) is 0 Å². The van der Waals surface area contributed by atoms with Crippen LogP contribution in [0.25, 0.3) is 17.1 Å². The van der Waals surface area contributed by atoms with Crippen LogP contribution in [0.5, 0.6) is 0 Å². The Morgan fingerprint density at radius 2 is 2.07 bits per heavy atom. The summed E-state index contributed by atoms with van der Waals surface area (Å²) in [4.78, 5) is 18.9. The van der Waals surface area contributed by atoms with Gasteiger partial charge in [-0.2, -0.15) is 4.98 Å². The number of rotatable bonds is 4. The molecule has 1 saturated heterocycles. The van der Waals surface area contributed by atoms with E-state index in [1.54, 1.807) is 0 Å². The van der Waals surface area contributed by atoms with Gasteiger partial charge in [0, 0.05) is 30.8 Å². The molecule has 4 rings (SSSR count). The molecule has 1 fully saturated rings. The van der Waals surface area contributed by atoms with Gasteiger partial charge in [-0.1, -0.05) is 25.9 Å². The Morgan fingerprint density at radius 3 is 2.78 bits per heavy atom. The van der Waals surface area contributed by atoms with E-state index in [0.29, 0.717) is 29.1 Å². The quantitative estimate of drug-likeness (QED) is 0.703. The number of carbonyl (C=O) groups is 1. The van der Waals surface area contributed by atoms with Crippen LogP contribution in [0.3, 0.4) is 0 Å². The van der Waals surface area contributed by atoms with E-state index in [4.69, 9.17) is 4.52 Å². The highest BCUT2D eigenvalue weighted by molar-refractivity contribution is 5.78. The molecule has 0 aromatic carbocycles. The lowest BCUT2D eigenvalue weighted by Gasteiger charge is -2.30. The Hall–Kier alpha value is -2.77. The fraction of sp³-hybridized carbons (Fsp3) is 0.526. The van der Waals surface area contributed by atoms with Gasteiger partial charge in [0.05, 0.1) is 6.42 Å². The summed E-state index contributed by atoms with van der Waals surface area (Å²) in [6.07, 6.45) is 4.24. The summed E-state index contributed by atoms with van der Waals surface area (Å²) in [5, 5.41) is 12.4. The molecule has 0 bridgehead atoms. The number of piperidine rings is 1. The van der Waals surface area contributed by atoms with E-state index in [-0.39, 0.29) is 18.2 Å². The summed E-state index contributed by atoms with van der Waals surface area (Å²) in [5.74, 6) is 2.79. The maximum Gasteiger partial charge on any atom is 0.258 e. The standard InChI is InChI=1S/C19H24N6O2/c1-12(2)18-20-19(27-23-18)14-6-9-25-15(10-14)21-22-16(25)11-17(26)24-7-4-13(3)5-8-24/h6,9-10,12-13H,4-5,7-8,11H2,1-3H3. The Morgan fingerprint density at radius 1 is 1.30 bits per heavy atom. The molecule has 0 unspecified atom stereocenters. The van der Waals surface area contributed by atoms with E-state index in [9.17, 15) is 4.79 Å². The number of carbonyl (C=O) groups excluding carboxylic acids is 1. The average Bonchev–Trinajstić information content (AvgIpc) is 3.29. The first-order valence-electron chi connectivity index (χ1n) is 9.46. The summed E-state index contributed by atoms with van der Waals surface area (Å²) in [7, 11) is 0. The monoisotopic (exact) mass is 368 g/mol. The van der Waals surface area contributed by atoms with Crippen molar-refractivity contribution in [3.05, 3.63) is 30.0 Å². The smallest absolute Gasteiger partial charge is 0.258 e. The third kappa shape index (κ3) is 3.56. The lowest BCUT2D eigenvalue weighted by molar-refractivity contribution is -0.131. The molecule has 1 aliphatic rings. The molecule has 3 aromatic rings. The number of amides is 1. The first kappa shape index (κ1) is 17.6. The third-order valence-corrected chi connectivity index (χ3v) is 5.13. The second-order valence-electron chi connectivity index (χ2n) is 7.61. The number of aromatic nitrogens is 5. The minimum atomic E-state index is 0.110. The molecule has 27 heavy (non-hydrogen) atoms. The SMILES string of the molecule is CC1CCN(C(=O)Cc2nnc3cc(-c4nc(C(C)C)no4)ccn23)CC1. The summed E-state index contributed by atoms with van der Waals surface area (Å²) in [5.41, 5.74) is 1.45. The molecule has 0 atom stereocenters. The molecule has 0 aliphatic carbocycles. The van der Waals surface area contributed by atoms with Crippen LogP contribution in [-0.4, -0.2) is 48.6 Å². The van der Waals surface area contributed by atoms with Gasteiger partial charge in [-0.3, -0.25) is 9.20 Å². The Bertz CT molecular complexity index is 952. The van der Waals surface area contributed by atoms with E-state index in [2.05, 4.69) is 27.3 Å². The number of hydrogen-bond acceptors (Lipinski definition) is 6. The van der Waals surface area contributed by atoms with Crippen LogP contribution in [0.15, 0.2) is 22.9 Å². The lowest BCUT2D eigenvalue weighted by Crippen LogP contribution is -2.39. The zero-order valence-electron chi connectivity index (χ0n) is 15.9. The summed E-state index contributed by atoms with van der Waals surface area (Å²) >= 11 is 0. The molecule has 0 radical (unpaired) electrons. The second kappa shape index (κ2) is 7.09. The molecule has 4 heterocycles. The maximum atomic E-state index is 12.6. The van der Waals surface area contributed by atoms with Crippen LogP contribution < -0.4 is 0 Å². The summed E-state index contributed by atoms with van der Waals surface area (Å²) < 4.78 is 7.18. The predicted molar refractivity (Wildman–Crippen MR) is 99.1 cm³/mol. The van der Waals surface area contributed by atoms with Gasteiger partial charge in [-0.15, -0.1) is 10.2 Å². The highest BCUT2D eigenvalue weighted by atomic mass is 16.5. The van der Waals surface area contributed by atoms with Crippen LogP contribution in [0, 0.1) is 5.92 Å². The molecule has 3 aromatic heterocycles. The molecule has 0 saturated carbocycles. The first-order valence-corrected chi connectivity index (χ1v) is 9.46. The number of pyridine rings is 1. The average molecular weight is 368 g/mol. The van der Waals surface area contributed by atoms with Crippen molar-refractivity contribution in [2.75, 3.05) is 13.1 Å². The largest absolute Gasteiger partial charge is 0.342 e. The summed E-state index contributed by atoms with van der Waals surface area (Å²) in [6.45, 7) is 7.93. The van der Waals surface area contributed by atoms with Crippen LogP contribution in [-0.2, 0) is 11.2 Å². The minimum Gasteiger partial charge on any atom is -0.342 e. The molecule has 8 heteroatoms. The van der Waals surface area contributed by atoms with Gasteiger partial charge in [-0.25, -0.2) is 0 Å². The Balaban J connectivity index is 1.53. The van der Waals surface area contributed by atoms with Crippen molar-refractivity contribution in [1.82, 2.24) is 29.6 Å². The van der Waals surface area contributed by atoms with Crippen molar-refractivity contribution in [3.63, 3.8) is 0 Å². The number of likely N-dealkylation sites (tertiary alicyclic amines) is 1. The van der Waals surface area contributed by atoms with E-state index >= 15 is 0 Å². The van der Waals surface area contributed by atoms with Crippen LogP contribution >= 0.6 is 0 Å². The van der Waals surface area contributed by atoms with Crippen molar-refractivity contribution in [2.24, 2.45) is 5.92 Å². The molecule has 8 nitrogen and oxygen atoms in total. The van der Waals surface area contributed by atoms with Gasteiger partial charge in [0.25, 0.3) is 5.89 Å². The predicted octanol–water partition coefficient (Wildman–Crippen LogP) is 2.70. The van der Waals surface area contributed by atoms with Gasteiger partial charge in [-0.05, 0) is 30.9 Å². The van der Waals surface area contributed by atoms with Crippen molar-refractivity contribution in [3.8, 4) is 11.5 Å². The first-order chi connectivity index (χ1) is 13.0. The van der Waals surface area contributed by atoms with E-state index in [0.717, 1.165) is 31.5 Å². The van der Waals surface area contributed by atoms with Gasteiger partial charge in [0.1, 0.15) is 5.82 Å². The minimum absolute atomic E-state index is 0.110. The highest BCUT2D eigenvalue weighted by Gasteiger charge is 2.22. The maximum absolute atomic E-state index is 12.6. The highest BCUT2D eigenvalue weighted by Crippen LogP contribution is 2.22. The number of hydrogen-bond donors (Lipinski definition) is 0. The van der Waals surface area contributed by atoms with Crippen molar-refractivity contribution in [1.29, 1.82) is 0 Å². The Labute approximate surface area is 157 Å². The molecule has 142 valence electrons. The van der Waals surface area contributed by atoms with Gasteiger partial charge < -0.3 is 9.42 Å². The second-order valence-corrected chi connectivity index (χ2v) is 7.61. The molecular formula is C19H24N6O2. The topological polar surface area (TPSA) is 89.4 Å². The van der Waals surface area contributed by atoms with Gasteiger partial charge in [0.2, 0.25) is 5.91 Å². The molecule has 1 aliphatic heterocycles. The van der Waals surface area contributed by atoms with E-state index in [1.807, 2.05) is 41.5 Å². The van der Waals surface area contributed by atoms with E-state index < -0.39 is 0 Å². The number of nitrogens with zero attached hydrogens (tertiary/aromatic N) is 6. The van der Waals surface area contributed by atoms with Gasteiger partial charge >= 0.3 is 0 Å². The van der Waals surface area contributed by atoms with Crippen molar-refractivity contribution in [2.45, 2.75) is 46.0 Å². The van der Waals surface area contributed by atoms with Crippen molar-refractivity contribution >= 4 is 11.6 Å². The van der Waals surface area contributed by atoms with Gasteiger partial charge in [0.15, 0.2) is 11.5 Å². The Kier molecular flexibility index (Phi) is 4.63. The zero-order chi connectivity index (χ0) is 19.0. The van der Waals surface area contributed by atoms with Crippen LogP contribution in [0.2, 0.25) is 0 Å². The molecule has 1 amide bonds. The molecular weight excluding hydrogens is 344 g/mol. The van der Waals surface area contributed by atoms with E-state index in [1.165, 1.54) is 0 Å². The molecule has 0 N–H and O–H groups in total. The molecule has 0 spiro atoms. The summed E-state index contributed by atoms with van der Waals surface area (Å²) in [6, 6.07) is 3.73. The number of fused-ring (bicyclic) bond motifs is 1. The fourth-order valence-corrected chi connectivity index (χ4v) is 3.29. The normalized spacial score (nSPS) is 15.8. The van der Waals surface area contributed by atoms with Crippen molar-refractivity contribution < 1.29 is 9.32 Å².